The lowest BCUT2D eigenvalue weighted by molar-refractivity contribution is 0.112. The minimum Gasteiger partial charge on any atom is -0.298 e. The van der Waals surface area contributed by atoms with Gasteiger partial charge in [0.25, 0.3) is 0 Å². The maximum atomic E-state index is 11.1. The monoisotopic (exact) mass is 312 g/mol. The van der Waals surface area contributed by atoms with Gasteiger partial charge in [-0.15, -0.1) is 6.42 Å². The largest absolute Gasteiger partial charge is 0.298 e. The first-order valence-electron chi connectivity index (χ1n) is 8.35. The second-order valence-electron chi connectivity index (χ2n) is 6.37. The van der Waals surface area contributed by atoms with Crippen LogP contribution in [0.15, 0.2) is 42.5 Å². The number of terminal acetylenes is 1. The molecule has 1 aliphatic rings. The summed E-state index contributed by atoms with van der Waals surface area (Å²) in [5.41, 5.74) is 5.09. The number of rotatable bonds is 2. The van der Waals surface area contributed by atoms with E-state index in [1.807, 2.05) is 42.5 Å². The quantitative estimate of drug-likeness (QED) is 0.579. The van der Waals surface area contributed by atoms with E-state index in [0.717, 1.165) is 35.8 Å². The highest BCUT2D eigenvalue weighted by Gasteiger charge is 2.28. The lowest BCUT2D eigenvalue weighted by Crippen LogP contribution is -2.06. The molecule has 1 nitrogen and oxygen atoms in total. The topological polar surface area (TPSA) is 17.1 Å². The van der Waals surface area contributed by atoms with Gasteiger partial charge in [0.05, 0.1) is 0 Å². The van der Waals surface area contributed by atoms with E-state index in [-0.39, 0.29) is 0 Å². The van der Waals surface area contributed by atoms with Crippen LogP contribution in [0.5, 0.6) is 0 Å². The molecule has 0 bridgehead atoms. The second-order valence-corrected chi connectivity index (χ2v) is 6.37. The van der Waals surface area contributed by atoms with E-state index in [9.17, 15) is 4.79 Å². The molecule has 1 fully saturated rings. The number of aryl methyl sites for hydroxylation is 1. The van der Waals surface area contributed by atoms with Gasteiger partial charge >= 0.3 is 0 Å². The molecule has 0 amide bonds. The van der Waals surface area contributed by atoms with E-state index >= 15 is 0 Å². The molecule has 0 N–H and O–H groups in total. The summed E-state index contributed by atoms with van der Waals surface area (Å²) in [6.45, 7) is 2.11. The van der Waals surface area contributed by atoms with Gasteiger partial charge in [-0.1, -0.05) is 42.4 Å². The zero-order chi connectivity index (χ0) is 16.9. The Morgan fingerprint density at radius 3 is 2.75 bits per heavy atom. The van der Waals surface area contributed by atoms with E-state index in [4.69, 9.17) is 6.42 Å². The van der Waals surface area contributed by atoms with E-state index < -0.39 is 0 Å². The van der Waals surface area contributed by atoms with E-state index in [1.54, 1.807) is 0 Å². The molecule has 1 saturated carbocycles. The lowest BCUT2D eigenvalue weighted by atomic mass is 9.85. The molecule has 0 saturated heterocycles. The molecule has 0 spiro atoms. The molecule has 118 valence electrons. The molecule has 24 heavy (non-hydrogen) atoms. The zero-order valence-electron chi connectivity index (χ0n) is 13.9. The minimum atomic E-state index is 0.333. The van der Waals surface area contributed by atoms with E-state index in [1.165, 1.54) is 17.5 Å². The lowest BCUT2D eigenvalue weighted by Gasteiger charge is -2.18. The summed E-state index contributed by atoms with van der Waals surface area (Å²) in [4.78, 5) is 11.1. The van der Waals surface area contributed by atoms with Crippen molar-refractivity contribution in [2.75, 3.05) is 0 Å². The summed E-state index contributed by atoms with van der Waals surface area (Å²) in [5, 5.41) is 0. The molecule has 2 atom stereocenters. The minimum absolute atomic E-state index is 0.333. The smallest absolute Gasteiger partial charge is 0.150 e. The van der Waals surface area contributed by atoms with Gasteiger partial charge in [0, 0.05) is 22.6 Å². The number of aldehydes is 1. The van der Waals surface area contributed by atoms with Crippen molar-refractivity contribution >= 4 is 6.29 Å². The first-order chi connectivity index (χ1) is 11.7. The maximum Gasteiger partial charge on any atom is 0.150 e. The van der Waals surface area contributed by atoms with Crippen molar-refractivity contribution in [2.45, 2.75) is 32.1 Å². The first kappa shape index (κ1) is 16.1. The maximum absolute atomic E-state index is 11.1. The van der Waals surface area contributed by atoms with Crippen molar-refractivity contribution in [3.63, 3.8) is 0 Å². The Kier molecular flexibility index (Phi) is 4.83. The normalized spacial score (nSPS) is 19.2. The Balaban J connectivity index is 1.88. The molecular formula is C23H20O. The molecule has 1 heteroatoms. The SMILES string of the molecule is C#Cc1cccc(C#CC2CCCC2c2cc(C=O)ccc2C)c1. The third-order valence-electron chi connectivity index (χ3n) is 4.79. The molecule has 3 rings (SSSR count). The van der Waals surface area contributed by atoms with Crippen LogP contribution in [-0.2, 0) is 0 Å². The van der Waals surface area contributed by atoms with Crippen molar-refractivity contribution in [2.24, 2.45) is 5.92 Å². The van der Waals surface area contributed by atoms with Crippen molar-refractivity contribution in [3.05, 3.63) is 70.3 Å². The molecule has 2 unspecified atom stereocenters. The zero-order valence-corrected chi connectivity index (χ0v) is 13.9. The first-order valence-corrected chi connectivity index (χ1v) is 8.35. The molecule has 2 aromatic carbocycles. The highest BCUT2D eigenvalue weighted by Crippen LogP contribution is 2.40. The van der Waals surface area contributed by atoms with Gasteiger partial charge < -0.3 is 0 Å². The summed E-state index contributed by atoms with van der Waals surface area (Å²) in [6, 6.07) is 13.8. The third-order valence-corrected chi connectivity index (χ3v) is 4.79. The Bertz CT molecular complexity index is 858. The number of hydrogen-bond acceptors (Lipinski definition) is 1. The van der Waals surface area contributed by atoms with Crippen molar-refractivity contribution in [1.82, 2.24) is 0 Å². The highest BCUT2D eigenvalue weighted by atomic mass is 16.1. The van der Waals surface area contributed by atoms with Gasteiger partial charge in [0.1, 0.15) is 6.29 Å². The second kappa shape index (κ2) is 7.20. The Morgan fingerprint density at radius 1 is 1.12 bits per heavy atom. The molecule has 0 aromatic heterocycles. The van der Waals surface area contributed by atoms with Crippen molar-refractivity contribution in [1.29, 1.82) is 0 Å². The predicted molar refractivity (Wildman–Crippen MR) is 97.9 cm³/mol. The fourth-order valence-electron chi connectivity index (χ4n) is 3.50. The molecule has 1 aliphatic carbocycles. The molecule has 2 aromatic rings. The summed E-state index contributed by atoms with van der Waals surface area (Å²) >= 11 is 0. The Hall–Kier alpha value is -2.77. The van der Waals surface area contributed by atoms with Crippen LogP contribution < -0.4 is 0 Å². The standard InChI is InChI=1S/C23H20O/c1-3-18-6-4-7-19(14-18)12-13-21-8-5-9-22(21)23-15-20(16-24)11-10-17(23)2/h1,4,6-7,10-11,14-16,21-22H,5,8-9H2,2H3. The van der Waals surface area contributed by atoms with Crippen LogP contribution in [-0.4, -0.2) is 6.29 Å². The van der Waals surface area contributed by atoms with Gasteiger partial charge in [0.15, 0.2) is 0 Å². The number of carbonyl (C=O) groups is 1. The third kappa shape index (κ3) is 3.42. The average Bonchev–Trinajstić information content (AvgIpc) is 3.09. The van der Waals surface area contributed by atoms with Crippen LogP contribution in [0, 0.1) is 37.0 Å². The summed E-state index contributed by atoms with van der Waals surface area (Å²) in [5.74, 6) is 10.1. The summed E-state index contributed by atoms with van der Waals surface area (Å²) < 4.78 is 0. The Labute approximate surface area is 144 Å². The summed E-state index contributed by atoms with van der Waals surface area (Å²) in [6.07, 6.45) is 9.79. The van der Waals surface area contributed by atoms with Gasteiger partial charge in [-0.25, -0.2) is 0 Å². The summed E-state index contributed by atoms with van der Waals surface area (Å²) in [7, 11) is 0. The average molecular weight is 312 g/mol. The Morgan fingerprint density at radius 2 is 1.96 bits per heavy atom. The fourth-order valence-corrected chi connectivity index (χ4v) is 3.50. The van der Waals surface area contributed by atoms with E-state index in [0.29, 0.717) is 11.8 Å². The van der Waals surface area contributed by atoms with Crippen LogP contribution >= 0.6 is 0 Å². The van der Waals surface area contributed by atoms with Gasteiger partial charge in [-0.2, -0.15) is 0 Å². The fraction of sp³-hybridized carbons (Fsp3) is 0.261. The molecule has 0 heterocycles. The van der Waals surface area contributed by atoms with Crippen LogP contribution in [0.2, 0.25) is 0 Å². The highest BCUT2D eigenvalue weighted by molar-refractivity contribution is 5.75. The van der Waals surface area contributed by atoms with Crippen LogP contribution in [0.1, 0.15) is 57.8 Å². The molecule has 0 radical (unpaired) electrons. The van der Waals surface area contributed by atoms with Crippen LogP contribution in [0.4, 0.5) is 0 Å². The predicted octanol–water partition coefficient (Wildman–Crippen LogP) is 4.72. The number of benzene rings is 2. The molecular weight excluding hydrogens is 292 g/mol. The molecule has 0 aliphatic heterocycles. The van der Waals surface area contributed by atoms with Crippen LogP contribution in [0.3, 0.4) is 0 Å². The number of carbonyl (C=O) groups excluding carboxylic acids is 1. The van der Waals surface area contributed by atoms with Crippen molar-refractivity contribution < 1.29 is 4.79 Å². The van der Waals surface area contributed by atoms with Crippen LogP contribution in [0.25, 0.3) is 0 Å². The van der Waals surface area contributed by atoms with Crippen molar-refractivity contribution in [3.8, 4) is 24.2 Å². The van der Waals surface area contributed by atoms with Gasteiger partial charge in [-0.3, -0.25) is 4.79 Å². The number of hydrogen-bond donors (Lipinski definition) is 0. The van der Waals surface area contributed by atoms with Gasteiger partial charge in [0.2, 0.25) is 0 Å². The van der Waals surface area contributed by atoms with Gasteiger partial charge in [-0.05, 0) is 61.1 Å². The van der Waals surface area contributed by atoms with E-state index in [2.05, 4.69) is 24.7 Å².